The molecule has 0 bridgehead atoms. The Balaban J connectivity index is 1.88. The van der Waals surface area contributed by atoms with Crippen molar-refractivity contribution in [2.24, 2.45) is 0 Å². The van der Waals surface area contributed by atoms with E-state index in [1.54, 1.807) is 18.2 Å². The van der Waals surface area contributed by atoms with Gasteiger partial charge >= 0.3 is 0 Å². The van der Waals surface area contributed by atoms with E-state index < -0.39 is 5.82 Å². The second kappa shape index (κ2) is 6.80. The van der Waals surface area contributed by atoms with E-state index in [1.165, 1.54) is 10.9 Å². The van der Waals surface area contributed by atoms with Crippen molar-refractivity contribution in [3.05, 3.63) is 58.8 Å². The third kappa shape index (κ3) is 2.72. The molecule has 1 aliphatic heterocycles. The SMILES string of the molecule is O=c1c2ccccc2nc(C2CCCN2c2ncncc2F)n1CCO. The summed E-state index contributed by atoms with van der Waals surface area (Å²) in [5.74, 6) is 0.231. The maximum atomic E-state index is 14.2. The molecule has 1 fully saturated rings. The number of aromatic nitrogens is 4. The molecule has 0 aliphatic carbocycles. The molecule has 1 aromatic carbocycles. The van der Waals surface area contributed by atoms with E-state index in [-0.39, 0.29) is 30.6 Å². The fourth-order valence-corrected chi connectivity index (χ4v) is 3.56. The Labute approximate surface area is 148 Å². The van der Waals surface area contributed by atoms with Gasteiger partial charge in [0.15, 0.2) is 11.6 Å². The van der Waals surface area contributed by atoms with Crippen LogP contribution in [0, 0.1) is 5.82 Å². The largest absolute Gasteiger partial charge is 0.395 e. The molecular formula is C18H18FN5O2. The molecule has 0 spiro atoms. The first-order valence-electron chi connectivity index (χ1n) is 8.53. The molecule has 7 nitrogen and oxygen atoms in total. The van der Waals surface area contributed by atoms with Gasteiger partial charge in [-0.3, -0.25) is 9.36 Å². The lowest BCUT2D eigenvalue weighted by atomic mass is 10.1. The molecule has 3 heterocycles. The highest BCUT2D eigenvalue weighted by molar-refractivity contribution is 5.77. The van der Waals surface area contributed by atoms with Crippen molar-refractivity contribution < 1.29 is 9.50 Å². The zero-order chi connectivity index (χ0) is 18.1. The van der Waals surface area contributed by atoms with E-state index in [9.17, 15) is 14.3 Å². The lowest BCUT2D eigenvalue weighted by Crippen LogP contribution is -2.33. The summed E-state index contributed by atoms with van der Waals surface area (Å²) in [6, 6.07) is 6.83. The molecule has 0 saturated carbocycles. The van der Waals surface area contributed by atoms with E-state index in [0.717, 1.165) is 19.0 Å². The summed E-state index contributed by atoms with van der Waals surface area (Å²) in [6.45, 7) is 0.574. The number of aliphatic hydroxyl groups is 1. The number of nitrogens with zero attached hydrogens (tertiary/aromatic N) is 5. The minimum atomic E-state index is -0.503. The molecule has 1 atom stereocenters. The Hall–Kier alpha value is -2.87. The van der Waals surface area contributed by atoms with Gasteiger partial charge in [-0.05, 0) is 25.0 Å². The van der Waals surface area contributed by atoms with Gasteiger partial charge < -0.3 is 10.0 Å². The minimum Gasteiger partial charge on any atom is -0.395 e. The smallest absolute Gasteiger partial charge is 0.261 e. The zero-order valence-corrected chi connectivity index (χ0v) is 14.0. The van der Waals surface area contributed by atoms with Crippen LogP contribution in [0.1, 0.15) is 24.7 Å². The first-order chi connectivity index (χ1) is 12.7. The predicted octanol–water partition coefficient (Wildman–Crippen LogP) is 1.66. The van der Waals surface area contributed by atoms with Crippen LogP contribution in [-0.4, -0.2) is 37.8 Å². The van der Waals surface area contributed by atoms with Crippen molar-refractivity contribution in [1.29, 1.82) is 0 Å². The summed E-state index contributed by atoms with van der Waals surface area (Å²) in [7, 11) is 0. The molecule has 4 rings (SSSR count). The Kier molecular flexibility index (Phi) is 4.34. The fourth-order valence-electron chi connectivity index (χ4n) is 3.56. The average molecular weight is 355 g/mol. The van der Waals surface area contributed by atoms with Gasteiger partial charge in [-0.15, -0.1) is 0 Å². The molecular weight excluding hydrogens is 337 g/mol. The van der Waals surface area contributed by atoms with Crippen LogP contribution >= 0.6 is 0 Å². The van der Waals surface area contributed by atoms with Gasteiger partial charge in [0, 0.05) is 6.54 Å². The maximum Gasteiger partial charge on any atom is 0.261 e. The van der Waals surface area contributed by atoms with Crippen LogP contribution in [0.15, 0.2) is 41.6 Å². The first-order valence-corrected chi connectivity index (χ1v) is 8.53. The highest BCUT2D eigenvalue weighted by Gasteiger charge is 2.32. The van der Waals surface area contributed by atoms with Crippen molar-refractivity contribution in [2.45, 2.75) is 25.4 Å². The van der Waals surface area contributed by atoms with Crippen LogP contribution in [0.5, 0.6) is 0 Å². The number of hydrogen-bond acceptors (Lipinski definition) is 6. The van der Waals surface area contributed by atoms with Crippen LogP contribution in [-0.2, 0) is 6.54 Å². The Bertz CT molecular complexity index is 1010. The second-order valence-electron chi connectivity index (χ2n) is 6.21. The van der Waals surface area contributed by atoms with Gasteiger partial charge in [-0.2, -0.15) is 0 Å². The third-order valence-corrected chi connectivity index (χ3v) is 4.69. The van der Waals surface area contributed by atoms with E-state index in [2.05, 4.69) is 15.0 Å². The predicted molar refractivity (Wildman–Crippen MR) is 94.4 cm³/mol. The fraction of sp³-hybridized carbons (Fsp3) is 0.333. The molecule has 0 radical (unpaired) electrons. The highest BCUT2D eigenvalue weighted by atomic mass is 19.1. The summed E-state index contributed by atoms with van der Waals surface area (Å²) in [5.41, 5.74) is 0.395. The van der Waals surface area contributed by atoms with Crippen LogP contribution in [0.25, 0.3) is 10.9 Å². The van der Waals surface area contributed by atoms with E-state index >= 15 is 0 Å². The van der Waals surface area contributed by atoms with Crippen molar-refractivity contribution >= 4 is 16.7 Å². The summed E-state index contributed by atoms with van der Waals surface area (Å²) < 4.78 is 15.7. The minimum absolute atomic E-state index is 0.141. The number of rotatable bonds is 4. The molecule has 1 aliphatic rings. The summed E-state index contributed by atoms with van der Waals surface area (Å²) >= 11 is 0. The second-order valence-corrected chi connectivity index (χ2v) is 6.21. The zero-order valence-electron chi connectivity index (χ0n) is 14.0. The van der Waals surface area contributed by atoms with E-state index in [4.69, 9.17) is 0 Å². The number of para-hydroxylation sites is 1. The van der Waals surface area contributed by atoms with Crippen molar-refractivity contribution in [3.63, 3.8) is 0 Å². The van der Waals surface area contributed by atoms with Crippen LogP contribution in [0.4, 0.5) is 10.2 Å². The Morgan fingerprint density at radius 3 is 2.96 bits per heavy atom. The molecule has 8 heteroatoms. The number of fused-ring (bicyclic) bond motifs is 1. The molecule has 26 heavy (non-hydrogen) atoms. The number of halogens is 1. The number of hydrogen-bond donors (Lipinski definition) is 1. The van der Waals surface area contributed by atoms with Gasteiger partial charge in [0.25, 0.3) is 5.56 Å². The van der Waals surface area contributed by atoms with Gasteiger partial charge in [-0.1, -0.05) is 12.1 Å². The molecule has 3 aromatic rings. The number of aliphatic hydroxyl groups excluding tert-OH is 1. The van der Waals surface area contributed by atoms with E-state index in [0.29, 0.717) is 23.3 Å². The quantitative estimate of drug-likeness (QED) is 0.766. The summed E-state index contributed by atoms with van der Waals surface area (Å²) in [6.07, 6.45) is 3.99. The maximum absolute atomic E-state index is 14.2. The van der Waals surface area contributed by atoms with Gasteiger partial charge in [0.2, 0.25) is 0 Å². The van der Waals surface area contributed by atoms with Crippen molar-refractivity contribution in [3.8, 4) is 0 Å². The lowest BCUT2D eigenvalue weighted by molar-refractivity contribution is 0.270. The topological polar surface area (TPSA) is 84.1 Å². The third-order valence-electron chi connectivity index (χ3n) is 4.69. The summed E-state index contributed by atoms with van der Waals surface area (Å²) in [5, 5.41) is 9.93. The molecule has 0 amide bonds. The monoisotopic (exact) mass is 355 g/mol. The normalized spacial score (nSPS) is 17.2. The Morgan fingerprint density at radius 1 is 1.31 bits per heavy atom. The van der Waals surface area contributed by atoms with Gasteiger partial charge in [-0.25, -0.2) is 19.3 Å². The molecule has 134 valence electrons. The average Bonchev–Trinajstić information content (AvgIpc) is 3.14. The molecule has 2 aromatic heterocycles. The van der Waals surface area contributed by atoms with Crippen molar-refractivity contribution in [2.75, 3.05) is 18.1 Å². The lowest BCUT2D eigenvalue weighted by Gasteiger charge is -2.27. The van der Waals surface area contributed by atoms with Crippen LogP contribution in [0.3, 0.4) is 0 Å². The molecule has 1 unspecified atom stereocenters. The van der Waals surface area contributed by atoms with Gasteiger partial charge in [0.1, 0.15) is 12.2 Å². The van der Waals surface area contributed by atoms with Gasteiger partial charge in [0.05, 0.1) is 36.3 Å². The van der Waals surface area contributed by atoms with E-state index in [1.807, 2.05) is 11.0 Å². The number of anilines is 1. The molecule has 1 N–H and O–H groups in total. The standard InChI is InChI=1S/C18H18FN5O2/c19-13-10-20-11-21-16(13)23-7-3-6-15(23)17-22-14-5-2-1-4-12(14)18(26)24(17)8-9-25/h1-2,4-5,10-11,15,25H,3,6-9H2. The highest BCUT2D eigenvalue weighted by Crippen LogP contribution is 2.35. The Morgan fingerprint density at radius 2 is 2.15 bits per heavy atom. The summed E-state index contributed by atoms with van der Waals surface area (Å²) in [4.78, 5) is 27.2. The first kappa shape index (κ1) is 16.6. The number of benzene rings is 1. The molecule has 1 saturated heterocycles. The van der Waals surface area contributed by atoms with Crippen LogP contribution in [0.2, 0.25) is 0 Å². The van der Waals surface area contributed by atoms with Crippen LogP contribution < -0.4 is 10.5 Å². The van der Waals surface area contributed by atoms with Crippen molar-refractivity contribution in [1.82, 2.24) is 19.5 Å².